The summed E-state index contributed by atoms with van der Waals surface area (Å²) < 4.78 is 5.88. The van der Waals surface area contributed by atoms with E-state index in [2.05, 4.69) is 5.32 Å². The second kappa shape index (κ2) is 5.32. The SMILES string of the molecule is CCNc1ccccc1-c1cc(=O)c2c(N)cccc2o1. The minimum atomic E-state index is -0.129. The number of nitrogens with one attached hydrogen (secondary N) is 1. The molecule has 0 bridgehead atoms. The van der Waals surface area contributed by atoms with Gasteiger partial charge in [0.25, 0.3) is 0 Å². The fourth-order valence-electron chi connectivity index (χ4n) is 2.41. The zero-order valence-corrected chi connectivity index (χ0v) is 11.7. The summed E-state index contributed by atoms with van der Waals surface area (Å²) >= 11 is 0. The van der Waals surface area contributed by atoms with Gasteiger partial charge in [-0.05, 0) is 31.2 Å². The van der Waals surface area contributed by atoms with Crippen LogP contribution in [0.15, 0.2) is 57.7 Å². The van der Waals surface area contributed by atoms with E-state index < -0.39 is 0 Å². The Kier molecular flexibility index (Phi) is 3.36. The predicted octanol–water partition coefficient (Wildman–Crippen LogP) is 3.47. The number of nitrogens with two attached hydrogens (primary N) is 1. The molecule has 0 saturated carbocycles. The lowest BCUT2D eigenvalue weighted by Crippen LogP contribution is -2.04. The van der Waals surface area contributed by atoms with Crippen LogP contribution in [-0.4, -0.2) is 6.54 Å². The lowest BCUT2D eigenvalue weighted by Gasteiger charge is -2.10. The van der Waals surface area contributed by atoms with E-state index in [1.54, 1.807) is 18.2 Å². The van der Waals surface area contributed by atoms with Crippen LogP contribution < -0.4 is 16.5 Å². The third-order valence-corrected chi connectivity index (χ3v) is 3.35. The van der Waals surface area contributed by atoms with Crippen molar-refractivity contribution in [3.8, 4) is 11.3 Å². The van der Waals surface area contributed by atoms with Crippen LogP contribution in [0.1, 0.15) is 6.92 Å². The van der Waals surface area contributed by atoms with Crippen molar-refractivity contribution < 1.29 is 4.42 Å². The smallest absolute Gasteiger partial charge is 0.195 e. The number of fused-ring (bicyclic) bond motifs is 1. The summed E-state index contributed by atoms with van der Waals surface area (Å²) in [6, 6.07) is 14.5. The van der Waals surface area contributed by atoms with Gasteiger partial charge in [0.05, 0.1) is 5.39 Å². The largest absolute Gasteiger partial charge is 0.456 e. The second-order valence-electron chi connectivity index (χ2n) is 4.77. The van der Waals surface area contributed by atoms with Crippen molar-refractivity contribution in [2.45, 2.75) is 6.92 Å². The first-order valence-electron chi connectivity index (χ1n) is 6.86. The Hall–Kier alpha value is -2.75. The topological polar surface area (TPSA) is 68.3 Å². The Morgan fingerprint density at radius 3 is 2.76 bits per heavy atom. The average Bonchev–Trinajstić information content (AvgIpc) is 2.48. The van der Waals surface area contributed by atoms with Crippen LogP contribution in [0.25, 0.3) is 22.3 Å². The number of para-hydroxylation sites is 1. The molecule has 0 saturated heterocycles. The van der Waals surface area contributed by atoms with Crippen molar-refractivity contribution >= 4 is 22.3 Å². The highest BCUT2D eigenvalue weighted by Crippen LogP contribution is 2.29. The molecule has 3 aromatic rings. The van der Waals surface area contributed by atoms with Gasteiger partial charge in [-0.1, -0.05) is 18.2 Å². The molecule has 1 aromatic heterocycles. The molecule has 106 valence electrons. The van der Waals surface area contributed by atoms with Gasteiger partial charge in [-0.15, -0.1) is 0 Å². The molecule has 3 N–H and O–H groups in total. The highest BCUT2D eigenvalue weighted by atomic mass is 16.3. The van der Waals surface area contributed by atoms with E-state index in [1.165, 1.54) is 6.07 Å². The summed E-state index contributed by atoms with van der Waals surface area (Å²) in [6.45, 7) is 2.82. The van der Waals surface area contributed by atoms with E-state index in [4.69, 9.17) is 10.2 Å². The van der Waals surface area contributed by atoms with Crippen LogP contribution in [0, 0.1) is 0 Å². The van der Waals surface area contributed by atoms with Crippen molar-refractivity contribution in [3.05, 3.63) is 58.8 Å². The fraction of sp³-hybridized carbons (Fsp3) is 0.118. The number of hydrogen-bond donors (Lipinski definition) is 2. The average molecular weight is 280 g/mol. The molecule has 2 aromatic carbocycles. The van der Waals surface area contributed by atoms with Gasteiger partial charge in [0.1, 0.15) is 11.3 Å². The first-order valence-corrected chi connectivity index (χ1v) is 6.86. The molecule has 4 heteroatoms. The Labute approximate surface area is 122 Å². The van der Waals surface area contributed by atoms with E-state index in [0.29, 0.717) is 22.4 Å². The van der Waals surface area contributed by atoms with E-state index in [0.717, 1.165) is 17.8 Å². The van der Waals surface area contributed by atoms with E-state index in [1.807, 2.05) is 31.2 Å². The van der Waals surface area contributed by atoms with Gasteiger partial charge in [-0.3, -0.25) is 4.79 Å². The minimum absolute atomic E-state index is 0.129. The minimum Gasteiger partial charge on any atom is -0.456 e. The van der Waals surface area contributed by atoms with E-state index in [9.17, 15) is 4.79 Å². The summed E-state index contributed by atoms with van der Waals surface area (Å²) in [6.07, 6.45) is 0. The van der Waals surface area contributed by atoms with Gasteiger partial charge in [0.2, 0.25) is 0 Å². The number of benzene rings is 2. The van der Waals surface area contributed by atoms with Crippen LogP contribution in [0.4, 0.5) is 11.4 Å². The highest BCUT2D eigenvalue weighted by molar-refractivity contribution is 5.90. The van der Waals surface area contributed by atoms with Gasteiger partial charge in [-0.2, -0.15) is 0 Å². The maximum atomic E-state index is 12.3. The molecule has 1 heterocycles. The molecule has 0 aliphatic carbocycles. The summed E-state index contributed by atoms with van der Waals surface area (Å²) in [7, 11) is 0. The maximum absolute atomic E-state index is 12.3. The first kappa shape index (κ1) is 13.2. The lowest BCUT2D eigenvalue weighted by atomic mass is 10.1. The Morgan fingerprint density at radius 2 is 1.95 bits per heavy atom. The van der Waals surface area contributed by atoms with Crippen molar-refractivity contribution in [2.75, 3.05) is 17.6 Å². The van der Waals surface area contributed by atoms with Crippen molar-refractivity contribution in [3.63, 3.8) is 0 Å². The van der Waals surface area contributed by atoms with Crippen LogP contribution in [0.2, 0.25) is 0 Å². The van der Waals surface area contributed by atoms with Gasteiger partial charge in [0, 0.05) is 29.5 Å². The third-order valence-electron chi connectivity index (χ3n) is 3.35. The standard InChI is InChI=1S/C17H16N2O2/c1-2-19-13-8-4-3-6-11(13)16-10-14(20)17-12(18)7-5-9-15(17)21-16/h3-10,19H,2,18H2,1H3. The monoisotopic (exact) mass is 280 g/mol. The van der Waals surface area contributed by atoms with Crippen LogP contribution in [-0.2, 0) is 0 Å². The first-order chi connectivity index (χ1) is 10.2. The Morgan fingerprint density at radius 1 is 1.14 bits per heavy atom. The highest BCUT2D eigenvalue weighted by Gasteiger charge is 2.11. The predicted molar refractivity (Wildman–Crippen MR) is 86.5 cm³/mol. The Bertz CT molecular complexity index is 853. The number of hydrogen-bond acceptors (Lipinski definition) is 4. The quantitative estimate of drug-likeness (QED) is 0.721. The molecule has 0 radical (unpaired) electrons. The van der Waals surface area contributed by atoms with Gasteiger partial charge in [0.15, 0.2) is 5.43 Å². The van der Waals surface area contributed by atoms with Crippen molar-refractivity contribution in [1.29, 1.82) is 0 Å². The molecule has 0 fully saturated rings. The molecule has 0 aliphatic rings. The molecular formula is C17H16N2O2. The maximum Gasteiger partial charge on any atom is 0.195 e. The van der Waals surface area contributed by atoms with Gasteiger partial charge < -0.3 is 15.5 Å². The van der Waals surface area contributed by atoms with E-state index >= 15 is 0 Å². The molecule has 21 heavy (non-hydrogen) atoms. The van der Waals surface area contributed by atoms with E-state index in [-0.39, 0.29) is 5.43 Å². The second-order valence-corrected chi connectivity index (χ2v) is 4.77. The normalized spacial score (nSPS) is 10.7. The fourth-order valence-corrected chi connectivity index (χ4v) is 2.41. The van der Waals surface area contributed by atoms with Gasteiger partial charge in [-0.25, -0.2) is 0 Å². The summed E-state index contributed by atoms with van der Waals surface area (Å²) in [5.74, 6) is 0.537. The number of anilines is 2. The van der Waals surface area contributed by atoms with Crippen LogP contribution >= 0.6 is 0 Å². The van der Waals surface area contributed by atoms with Crippen molar-refractivity contribution in [2.24, 2.45) is 0 Å². The molecule has 0 spiro atoms. The molecule has 0 unspecified atom stereocenters. The van der Waals surface area contributed by atoms with Gasteiger partial charge >= 0.3 is 0 Å². The van der Waals surface area contributed by atoms with Crippen LogP contribution in [0.5, 0.6) is 0 Å². The zero-order valence-electron chi connectivity index (χ0n) is 11.7. The van der Waals surface area contributed by atoms with Crippen LogP contribution in [0.3, 0.4) is 0 Å². The molecule has 0 amide bonds. The number of rotatable bonds is 3. The summed E-state index contributed by atoms with van der Waals surface area (Å²) in [5, 5.41) is 3.70. The Balaban J connectivity index is 2.25. The molecule has 4 nitrogen and oxygen atoms in total. The number of nitrogen functional groups attached to an aromatic ring is 1. The molecular weight excluding hydrogens is 264 g/mol. The molecule has 0 aliphatic heterocycles. The lowest BCUT2D eigenvalue weighted by molar-refractivity contribution is 0.619. The molecule has 3 rings (SSSR count). The zero-order chi connectivity index (χ0) is 14.8. The third kappa shape index (κ3) is 2.36. The molecule has 0 atom stereocenters. The summed E-state index contributed by atoms with van der Waals surface area (Å²) in [4.78, 5) is 12.3. The van der Waals surface area contributed by atoms with Crippen molar-refractivity contribution in [1.82, 2.24) is 0 Å². The summed E-state index contributed by atoms with van der Waals surface area (Å²) in [5.41, 5.74) is 8.46.